The van der Waals surface area contributed by atoms with Gasteiger partial charge in [0.15, 0.2) is 0 Å². The van der Waals surface area contributed by atoms with Gasteiger partial charge in [0.2, 0.25) is 5.91 Å². The van der Waals surface area contributed by atoms with Crippen LogP contribution in [0.1, 0.15) is 41.6 Å². The Kier molecular flexibility index (Phi) is 6.78. The normalized spacial score (nSPS) is 17.8. The zero-order valence-electron chi connectivity index (χ0n) is 14.5. The van der Waals surface area contributed by atoms with E-state index < -0.39 is 55.1 Å². The molecule has 1 fully saturated rings. The van der Waals surface area contributed by atoms with E-state index in [-0.39, 0.29) is 17.9 Å². The van der Waals surface area contributed by atoms with Gasteiger partial charge in [0.1, 0.15) is 5.75 Å². The minimum absolute atomic E-state index is 0.0220. The molecule has 1 aliphatic heterocycles. The average Bonchev–Trinajstić information content (AvgIpc) is 2.57. The summed E-state index contributed by atoms with van der Waals surface area (Å²) in [7, 11) is 0. The summed E-state index contributed by atoms with van der Waals surface area (Å²) in [6, 6.07) is 1.67. The smallest absolute Gasteiger partial charge is 0.416 e. The second kappa shape index (κ2) is 8.70. The van der Waals surface area contributed by atoms with Gasteiger partial charge in [0.05, 0.1) is 17.7 Å². The summed E-state index contributed by atoms with van der Waals surface area (Å²) in [4.78, 5) is 23.8. The second-order valence-corrected chi connectivity index (χ2v) is 6.29. The van der Waals surface area contributed by atoms with Crippen molar-refractivity contribution in [3.63, 3.8) is 0 Å². The van der Waals surface area contributed by atoms with E-state index in [4.69, 9.17) is 4.74 Å². The predicted molar refractivity (Wildman–Crippen MR) is 85.7 cm³/mol. The lowest BCUT2D eigenvalue weighted by atomic mass is 10.0. The highest BCUT2D eigenvalue weighted by atomic mass is 19.4. The van der Waals surface area contributed by atoms with Gasteiger partial charge in [-0.15, -0.1) is 0 Å². The molecule has 11 heteroatoms. The van der Waals surface area contributed by atoms with Gasteiger partial charge in [-0.25, -0.2) is 0 Å². The fourth-order valence-corrected chi connectivity index (χ4v) is 2.63. The van der Waals surface area contributed by atoms with E-state index >= 15 is 0 Å². The SMILES string of the molecule is O=C1CC(NC(=O)c2ccc(C(F)(F)F)cc2OCCCC(F)(F)F)CCN1. The number of piperidine rings is 1. The first kappa shape index (κ1) is 21.8. The molecule has 28 heavy (non-hydrogen) atoms. The molecule has 1 atom stereocenters. The first-order valence-corrected chi connectivity index (χ1v) is 8.44. The van der Waals surface area contributed by atoms with E-state index in [1.54, 1.807) is 0 Å². The van der Waals surface area contributed by atoms with Crippen LogP contribution in [0.2, 0.25) is 0 Å². The minimum atomic E-state index is -4.71. The van der Waals surface area contributed by atoms with Crippen molar-refractivity contribution in [2.75, 3.05) is 13.2 Å². The molecule has 0 bridgehead atoms. The van der Waals surface area contributed by atoms with Gasteiger partial charge >= 0.3 is 12.4 Å². The van der Waals surface area contributed by atoms with Gasteiger partial charge in [0.25, 0.3) is 5.91 Å². The van der Waals surface area contributed by atoms with Crippen molar-refractivity contribution in [2.24, 2.45) is 0 Å². The summed E-state index contributed by atoms with van der Waals surface area (Å²) in [5.74, 6) is -1.50. The summed E-state index contributed by atoms with van der Waals surface area (Å²) >= 11 is 0. The Hall–Kier alpha value is -2.46. The van der Waals surface area contributed by atoms with Crippen LogP contribution in [0.15, 0.2) is 18.2 Å². The molecule has 1 saturated heterocycles. The Bertz CT molecular complexity index is 718. The molecular weight excluding hydrogens is 394 g/mol. The fraction of sp³-hybridized carbons (Fsp3) is 0.529. The summed E-state index contributed by atoms with van der Waals surface area (Å²) in [5, 5.41) is 5.11. The number of benzene rings is 1. The molecule has 0 saturated carbocycles. The zero-order valence-corrected chi connectivity index (χ0v) is 14.5. The average molecular weight is 412 g/mol. The van der Waals surface area contributed by atoms with Crippen molar-refractivity contribution in [3.8, 4) is 5.75 Å². The molecule has 156 valence electrons. The number of hydrogen-bond donors (Lipinski definition) is 2. The third-order valence-electron chi connectivity index (χ3n) is 4.00. The maximum atomic E-state index is 12.9. The highest BCUT2D eigenvalue weighted by Gasteiger charge is 2.32. The van der Waals surface area contributed by atoms with E-state index in [2.05, 4.69) is 10.6 Å². The lowest BCUT2D eigenvalue weighted by Gasteiger charge is -2.23. The Morgan fingerprint density at radius 2 is 1.93 bits per heavy atom. The van der Waals surface area contributed by atoms with Crippen molar-refractivity contribution < 1.29 is 40.7 Å². The lowest BCUT2D eigenvalue weighted by molar-refractivity contribution is -0.137. The number of carbonyl (C=O) groups is 2. The van der Waals surface area contributed by atoms with Crippen molar-refractivity contribution in [1.82, 2.24) is 10.6 Å². The van der Waals surface area contributed by atoms with Gasteiger partial charge in [-0.05, 0) is 31.0 Å². The van der Waals surface area contributed by atoms with Crippen molar-refractivity contribution in [1.29, 1.82) is 0 Å². The maximum Gasteiger partial charge on any atom is 0.416 e. The molecule has 1 aliphatic rings. The standard InChI is InChI=1S/C17H18F6N2O3/c18-16(19,20)5-1-7-28-13-8-10(17(21,22)23)2-3-12(13)15(27)25-11-4-6-24-14(26)9-11/h2-3,8,11H,1,4-7,9H2,(H,24,26)(H,25,27). The monoisotopic (exact) mass is 412 g/mol. The van der Waals surface area contributed by atoms with Gasteiger partial charge in [0, 0.05) is 25.4 Å². The molecular formula is C17H18F6N2O3. The van der Waals surface area contributed by atoms with Crippen LogP contribution in [0.3, 0.4) is 0 Å². The summed E-state index contributed by atoms with van der Waals surface area (Å²) < 4.78 is 80.4. The van der Waals surface area contributed by atoms with Crippen LogP contribution in [-0.4, -0.2) is 37.2 Å². The van der Waals surface area contributed by atoms with Crippen LogP contribution >= 0.6 is 0 Å². The molecule has 2 rings (SSSR count). The number of rotatable bonds is 6. The van der Waals surface area contributed by atoms with E-state index in [9.17, 15) is 35.9 Å². The van der Waals surface area contributed by atoms with E-state index in [1.165, 1.54) is 0 Å². The molecule has 0 spiro atoms. The second-order valence-electron chi connectivity index (χ2n) is 6.29. The number of hydrogen-bond acceptors (Lipinski definition) is 3. The van der Waals surface area contributed by atoms with Gasteiger partial charge < -0.3 is 15.4 Å². The van der Waals surface area contributed by atoms with Crippen LogP contribution in [0.4, 0.5) is 26.3 Å². The Morgan fingerprint density at radius 3 is 2.54 bits per heavy atom. The van der Waals surface area contributed by atoms with E-state index in [0.717, 1.165) is 6.07 Å². The molecule has 0 aromatic heterocycles. The minimum Gasteiger partial charge on any atom is -0.493 e. The van der Waals surface area contributed by atoms with Crippen LogP contribution in [-0.2, 0) is 11.0 Å². The topological polar surface area (TPSA) is 67.4 Å². The highest BCUT2D eigenvalue weighted by molar-refractivity contribution is 5.97. The van der Waals surface area contributed by atoms with Crippen molar-refractivity contribution >= 4 is 11.8 Å². The summed E-state index contributed by atoms with van der Waals surface area (Å²) in [6.45, 7) is -0.162. The summed E-state index contributed by atoms with van der Waals surface area (Å²) in [5.41, 5.74) is -1.34. The number of nitrogens with one attached hydrogen (secondary N) is 2. The fourth-order valence-electron chi connectivity index (χ4n) is 2.63. The Labute approximate surface area is 156 Å². The Morgan fingerprint density at radius 1 is 1.21 bits per heavy atom. The lowest BCUT2D eigenvalue weighted by Crippen LogP contribution is -2.45. The first-order valence-electron chi connectivity index (χ1n) is 8.44. The van der Waals surface area contributed by atoms with Crippen LogP contribution < -0.4 is 15.4 Å². The summed E-state index contributed by atoms with van der Waals surface area (Å²) in [6.07, 6.45) is -10.3. The molecule has 0 aliphatic carbocycles. The molecule has 5 nitrogen and oxygen atoms in total. The third kappa shape index (κ3) is 6.61. The van der Waals surface area contributed by atoms with Crippen LogP contribution in [0.25, 0.3) is 0 Å². The highest BCUT2D eigenvalue weighted by Crippen LogP contribution is 2.33. The maximum absolute atomic E-state index is 12.9. The molecule has 1 aromatic carbocycles. The predicted octanol–water partition coefficient (Wildman–Crippen LogP) is 3.44. The van der Waals surface area contributed by atoms with Crippen LogP contribution in [0.5, 0.6) is 5.75 Å². The number of halogens is 6. The molecule has 2 N–H and O–H groups in total. The Balaban J connectivity index is 2.14. The molecule has 1 aromatic rings. The molecule has 0 radical (unpaired) electrons. The largest absolute Gasteiger partial charge is 0.493 e. The van der Waals surface area contributed by atoms with Gasteiger partial charge in [-0.3, -0.25) is 9.59 Å². The van der Waals surface area contributed by atoms with Gasteiger partial charge in [-0.1, -0.05) is 0 Å². The number of carbonyl (C=O) groups excluding carboxylic acids is 2. The van der Waals surface area contributed by atoms with E-state index in [0.29, 0.717) is 25.1 Å². The molecule has 1 unspecified atom stereocenters. The number of ether oxygens (including phenoxy) is 1. The van der Waals surface area contributed by atoms with Crippen LogP contribution in [0, 0.1) is 0 Å². The first-order chi connectivity index (χ1) is 13.0. The van der Waals surface area contributed by atoms with Crippen molar-refractivity contribution in [2.45, 2.75) is 44.1 Å². The third-order valence-corrected chi connectivity index (χ3v) is 4.00. The quantitative estimate of drug-likeness (QED) is 0.556. The van der Waals surface area contributed by atoms with Gasteiger partial charge in [-0.2, -0.15) is 26.3 Å². The molecule has 1 heterocycles. The number of amides is 2. The van der Waals surface area contributed by atoms with Crippen molar-refractivity contribution in [3.05, 3.63) is 29.3 Å². The zero-order chi connectivity index (χ0) is 20.9. The molecule has 2 amide bonds. The van der Waals surface area contributed by atoms with E-state index in [1.807, 2.05) is 0 Å². The number of alkyl halides is 6.